The van der Waals surface area contributed by atoms with Crippen LogP contribution in [0.4, 0.5) is 11.4 Å². The average molecular weight is 484 g/mol. The van der Waals surface area contributed by atoms with Gasteiger partial charge in [-0.1, -0.05) is 72.4 Å². The minimum absolute atomic E-state index is 0.0897. The molecule has 0 aliphatic rings. The Labute approximate surface area is 203 Å². The molecular weight excluding hydrogens is 468 g/mol. The molecular formula is C26H16N2O6S. The minimum atomic E-state index is -0.591. The number of carbonyl (C=O) groups excluding carboxylic acids is 2. The van der Waals surface area contributed by atoms with Crippen molar-refractivity contribution in [2.24, 2.45) is 0 Å². The third-order valence-corrected chi connectivity index (χ3v) is 6.28. The first-order chi connectivity index (χ1) is 16.8. The Balaban J connectivity index is 1.83. The van der Waals surface area contributed by atoms with E-state index in [1.807, 2.05) is 0 Å². The minimum Gasteiger partial charge on any atom is -0.289 e. The molecule has 4 rings (SSSR count). The van der Waals surface area contributed by atoms with Gasteiger partial charge in [0.15, 0.2) is 11.6 Å². The van der Waals surface area contributed by atoms with Crippen LogP contribution in [0.5, 0.6) is 0 Å². The van der Waals surface area contributed by atoms with Crippen LogP contribution in [-0.2, 0) is 0 Å². The lowest BCUT2D eigenvalue weighted by molar-refractivity contribution is -0.385. The third kappa shape index (κ3) is 5.15. The highest BCUT2D eigenvalue weighted by atomic mass is 32.2. The van der Waals surface area contributed by atoms with E-state index >= 15 is 0 Å². The zero-order chi connectivity index (χ0) is 24.9. The van der Waals surface area contributed by atoms with E-state index in [9.17, 15) is 29.8 Å². The van der Waals surface area contributed by atoms with Crippen LogP contribution in [0.1, 0.15) is 31.8 Å². The van der Waals surface area contributed by atoms with Gasteiger partial charge in [-0.05, 0) is 12.1 Å². The molecule has 8 nitrogen and oxygen atoms in total. The second kappa shape index (κ2) is 10.1. The van der Waals surface area contributed by atoms with Crippen LogP contribution in [0.3, 0.4) is 0 Å². The summed E-state index contributed by atoms with van der Waals surface area (Å²) >= 11 is 1.04. The number of nitrogens with zero attached hydrogens (tertiary/aromatic N) is 2. The number of hydrogen-bond donors (Lipinski definition) is 0. The predicted molar refractivity (Wildman–Crippen MR) is 130 cm³/mol. The van der Waals surface area contributed by atoms with Gasteiger partial charge < -0.3 is 0 Å². The van der Waals surface area contributed by atoms with Crippen LogP contribution < -0.4 is 0 Å². The van der Waals surface area contributed by atoms with Gasteiger partial charge in [0.05, 0.1) is 9.85 Å². The molecule has 9 heteroatoms. The van der Waals surface area contributed by atoms with Crippen molar-refractivity contribution in [1.82, 2.24) is 0 Å². The molecule has 0 N–H and O–H groups in total. The molecule has 4 aromatic rings. The summed E-state index contributed by atoms with van der Waals surface area (Å²) in [4.78, 5) is 48.7. The van der Waals surface area contributed by atoms with E-state index in [0.29, 0.717) is 20.9 Å². The van der Waals surface area contributed by atoms with Crippen LogP contribution in [-0.4, -0.2) is 21.4 Å². The molecule has 0 aromatic heterocycles. The Morgan fingerprint density at radius 2 is 0.943 bits per heavy atom. The van der Waals surface area contributed by atoms with Gasteiger partial charge in [0.1, 0.15) is 0 Å². The standard InChI is InChI=1S/C26H16N2O6S/c29-25(17-7-3-1-4-8-17)21-15-19(27(31)32)11-13-23(21)35-24-14-12-20(28(33)34)16-22(24)26(30)18-9-5-2-6-10-18/h1-16H. The first kappa shape index (κ1) is 23.5. The predicted octanol–water partition coefficient (Wildman–Crippen LogP) is 6.12. The highest BCUT2D eigenvalue weighted by Gasteiger charge is 2.23. The maximum absolute atomic E-state index is 13.2. The first-order valence-electron chi connectivity index (χ1n) is 10.3. The van der Waals surface area contributed by atoms with E-state index in [1.165, 1.54) is 36.4 Å². The summed E-state index contributed by atoms with van der Waals surface area (Å²) in [5.74, 6) is -0.843. The molecule has 0 unspecified atom stereocenters. The number of hydrogen-bond acceptors (Lipinski definition) is 7. The van der Waals surface area contributed by atoms with E-state index in [4.69, 9.17) is 0 Å². The van der Waals surface area contributed by atoms with Crippen LogP contribution in [0.2, 0.25) is 0 Å². The second-order valence-corrected chi connectivity index (χ2v) is 8.45. The summed E-state index contributed by atoms with van der Waals surface area (Å²) in [5, 5.41) is 22.7. The maximum atomic E-state index is 13.2. The number of non-ortho nitro benzene ring substituents is 2. The normalized spacial score (nSPS) is 10.5. The SMILES string of the molecule is O=C(c1ccccc1)c1cc([N+](=O)[O-])ccc1Sc1ccc([N+](=O)[O-])cc1C(=O)c1ccccc1. The topological polar surface area (TPSA) is 120 Å². The highest BCUT2D eigenvalue weighted by Crippen LogP contribution is 2.37. The molecule has 0 saturated heterocycles. The molecule has 0 bridgehead atoms. The lowest BCUT2D eigenvalue weighted by Crippen LogP contribution is -2.06. The molecule has 0 atom stereocenters. The van der Waals surface area contributed by atoms with E-state index in [-0.39, 0.29) is 22.5 Å². The molecule has 0 radical (unpaired) electrons. The number of nitro benzene ring substituents is 2. The number of ketones is 2. The Kier molecular flexibility index (Phi) is 6.79. The molecule has 35 heavy (non-hydrogen) atoms. The highest BCUT2D eigenvalue weighted by molar-refractivity contribution is 7.99. The maximum Gasteiger partial charge on any atom is 0.270 e. The monoisotopic (exact) mass is 484 g/mol. The van der Waals surface area contributed by atoms with Crippen molar-refractivity contribution in [1.29, 1.82) is 0 Å². The number of nitro groups is 2. The quantitative estimate of drug-likeness (QED) is 0.168. The van der Waals surface area contributed by atoms with Crippen LogP contribution in [0.25, 0.3) is 0 Å². The summed E-state index contributed by atoms with van der Waals surface area (Å²) in [5.41, 5.74) is 0.368. The van der Waals surface area contributed by atoms with Crippen molar-refractivity contribution < 1.29 is 19.4 Å². The van der Waals surface area contributed by atoms with Crippen molar-refractivity contribution >= 4 is 34.7 Å². The molecule has 4 aromatic carbocycles. The van der Waals surface area contributed by atoms with Crippen molar-refractivity contribution in [3.63, 3.8) is 0 Å². The van der Waals surface area contributed by atoms with Crippen molar-refractivity contribution in [2.45, 2.75) is 9.79 Å². The second-order valence-electron chi connectivity index (χ2n) is 7.37. The molecule has 0 aliphatic carbocycles. The Morgan fingerprint density at radius 3 is 1.29 bits per heavy atom. The third-order valence-electron chi connectivity index (χ3n) is 5.13. The lowest BCUT2D eigenvalue weighted by atomic mass is 10.0. The van der Waals surface area contributed by atoms with Gasteiger partial charge in [-0.2, -0.15) is 0 Å². The van der Waals surface area contributed by atoms with Crippen molar-refractivity contribution in [3.8, 4) is 0 Å². The summed E-state index contributed by atoms with van der Waals surface area (Å²) in [7, 11) is 0. The summed E-state index contributed by atoms with van der Waals surface area (Å²) < 4.78 is 0. The summed E-state index contributed by atoms with van der Waals surface area (Å²) in [6, 6.07) is 24.5. The molecule has 0 heterocycles. The zero-order valence-electron chi connectivity index (χ0n) is 18.0. The van der Waals surface area contributed by atoms with Crippen LogP contribution in [0.15, 0.2) is 107 Å². The largest absolute Gasteiger partial charge is 0.289 e. The molecule has 0 saturated carbocycles. The molecule has 0 amide bonds. The summed E-state index contributed by atoms with van der Waals surface area (Å²) in [6.07, 6.45) is 0. The smallest absolute Gasteiger partial charge is 0.270 e. The average Bonchev–Trinajstić information content (AvgIpc) is 2.89. The number of rotatable bonds is 8. The van der Waals surface area contributed by atoms with Crippen molar-refractivity contribution in [3.05, 3.63) is 140 Å². The Hall–Kier alpha value is -4.63. The van der Waals surface area contributed by atoms with E-state index < -0.39 is 21.4 Å². The van der Waals surface area contributed by atoms with Gasteiger partial charge in [-0.15, -0.1) is 0 Å². The Bertz CT molecular complexity index is 1340. The van der Waals surface area contributed by atoms with Gasteiger partial charge >= 0.3 is 0 Å². The van der Waals surface area contributed by atoms with Gasteiger partial charge in [-0.25, -0.2) is 0 Å². The fourth-order valence-corrected chi connectivity index (χ4v) is 4.44. The molecule has 0 aliphatic heterocycles. The lowest BCUT2D eigenvalue weighted by Gasteiger charge is -2.12. The molecule has 172 valence electrons. The molecule has 0 fully saturated rings. The van der Waals surface area contributed by atoms with E-state index in [2.05, 4.69) is 0 Å². The van der Waals surface area contributed by atoms with E-state index in [0.717, 1.165) is 11.8 Å². The summed E-state index contributed by atoms with van der Waals surface area (Å²) in [6.45, 7) is 0. The fraction of sp³-hybridized carbons (Fsp3) is 0. The van der Waals surface area contributed by atoms with Gasteiger partial charge in [0.25, 0.3) is 11.4 Å². The van der Waals surface area contributed by atoms with Gasteiger partial charge in [0, 0.05) is 56.3 Å². The molecule has 0 spiro atoms. The fourth-order valence-electron chi connectivity index (χ4n) is 3.40. The first-order valence-corrected chi connectivity index (χ1v) is 11.1. The zero-order valence-corrected chi connectivity index (χ0v) is 18.8. The Morgan fingerprint density at radius 1 is 0.571 bits per heavy atom. The van der Waals surface area contributed by atoms with Crippen molar-refractivity contribution in [2.75, 3.05) is 0 Å². The van der Waals surface area contributed by atoms with Gasteiger partial charge in [-0.3, -0.25) is 29.8 Å². The van der Waals surface area contributed by atoms with Crippen LogP contribution >= 0.6 is 11.8 Å². The van der Waals surface area contributed by atoms with Gasteiger partial charge in [0.2, 0.25) is 0 Å². The van der Waals surface area contributed by atoms with E-state index in [1.54, 1.807) is 60.7 Å². The number of carbonyl (C=O) groups is 2. The number of benzene rings is 4. The van der Waals surface area contributed by atoms with Crippen LogP contribution in [0, 0.1) is 20.2 Å².